The second kappa shape index (κ2) is 4.32. The van der Waals surface area contributed by atoms with Crippen LogP contribution in [0, 0.1) is 5.92 Å². The van der Waals surface area contributed by atoms with Gasteiger partial charge in [0.25, 0.3) is 5.91 Å². The van der Waals surface area contributed by atoms with Crippen LogP contribution in [-0.4, -0.2) is 35.2 Å². The SMILES string of the molecule is C[C@H]([C@H](N)C(=O)O)[C@@]1(O)C(=O)N(C)c2ccccc21. The Labute approximate surface area is 110 Å². The third-order valence-electron chi connectivity index (χ3n) is 3.79. The van der Waals surface area contributed by atoms with E-state index in [9.17, 15) is 14.7 Å². The van der Waals surface area contributed by atoms with Crippen LogP contribution in [0.5, 0.6) is 0 Å². The molecule has 1 aliphatic rings. The predicted octanol–water partition coefficient (Wildman–Crippen LogP) is -0.101. The van der Waals surface area contributed by atoms with Crippen LogP contribution in [0.3, 0.4) is 0 Å². The molecule has 0 unspecified atom stereocenters. The Hall–Kier alpha value is -1.92. The fourth-order valence-electron chi connectivity index (χ4n) is 2.48. The molecule has 0 radical (unpaired) electrons. The molecule has 6 nitrogen and oxygen atoms in total. The van der Waals surface area contributed by atoms with Crippen LogP contribution < -0.4 is 10.6 Å². The van der Waals surface area contributed by atoms with E-state index in [4.69, 9.17) is 10.8 Å². The summed E-state index contributed by atoms with van der Waals surface area (Å²) >= 11 is 0. The molecule has 1 aromatic carbocycles. The van der Waals surface area contributed by atoms with Crippen molar-refractivity contribution in [2.24, 2.45) is 11.7 Å². The van der Waals surface area contributed by atoms with Crippen molar-refractivity contribution < 1.29 is 19.8 Å². The maximum absolute atomic E-state index is 12.3. The van der Waals surface area contributed by atoms with Gasteiger partial charge in [0.15, 0.2) is 5.60 Å². The Kier molecular flexibility index (Phi) is 3.07. The lowest BCUT2D eigenvalue weighted by Gasteiger charge is -2.31. The van der Waals surface area contributed by atoms with Crippen LogP contribution in [0.2, 0.25) is 0 Å². The van der Waals surface area contributed by atoms with Crippen LogP contribution in [0.1, 0.15) is 12.5 Å². The van der Waals surface area contributed by atoms with Gasteiger partial charge in [0.1, 0.15) is 6.04 Å². The standard InChI is InChI=1S/C13H16N2O4/c1-7(10(14)11(16)17)13(19)8-5-3-4-6-9(8)15(2)12(13)18/h3-7,10,19H,14H2,1-2H3,(H,16,17)/t7-,10+,13+/m1/s1. The molecule has 0 spiro atoms. The van der Waals surface area contributed by atoms with Gasteiger partial charge in [0.2, 0.25) is 0 Å². The molecule has 6 heteroatoms. The number of aliphatic carboxylic acids is 1. The second-order valence-electron chi connectivity index (χ2n) is 4.80. The van der Waals surface area contributed by atoms with Gasteiger partial charge in [-0.1, -0.05) is 25.1 Å². The van der Waals surface area contributed by atoms with Gasteiger partial charge in [-0.3, -0.25) is 9.59 Å². The first-order valence-corrected chi connectivity index (χ1v) is 5.90. The molecule has 0 saturated carbocycles. The minimum absolute atomic E-state index is 0.395. The quantitative estimate of drug-likeness (QED) is 0.707. The van der Waals surface area contributed by atoms with E-state index in [1.54, 1.807) is 24.3 Å². The van der Waals surface area contributed by atoms with Crippen molar-refractivity contribution in [1.29, 1.82) is 0 Å². The molecule has 0 bridgehead atoms. The number of benzene rings is 1. The van der Waals surface area contributed by atoms with Gasteiger partial charge >= 0.3 is 5.97 Å². The molecule has 19 heavy (non-hydrogen) atoms. The van der Waals surface area contributed by atoms with E-state index in [1.807, 2.05) is 0 Å². The number of para-hydroxylation sites is 1. The largest absolute Gasteiger partial charge is 0.480 e. The molecule has 4 N–H and O–H groups in total. The maximum atomic E-state index is 12.3. The van der Waals surface area contributed by atoms with Crippen molar-refractivity contribution in [3.8, 4) is 0 Å². The van der Waals surface area contributed by atoms with Crippen molar-refractivity contribution in [3.63, 3.8) is 0 Å². The van der Waals surface area contributed by atoms with E-state index in [1.165, 1.54) is 18.9 Å². The van der Waals surface area contributed by atoms with Gasteiger partial charge in [0.05, 0.1) is 5.69 Å². The number of likely N-dealkylation sites (N-methyl/N-ethyl adjacent to an activating group) is 1. The molecule has 0 fully saturated rings. The van der Waals surface area contributed by atoms with E-state index >= 15 is 0 Å². The number of nitrogens with zero attached hydrogens (tertiary/aromatic N) is 1. The van der Waals surface area contributed by atoms with E-state index < -0.39 is 29.4 Å². The molecule has 102 valence electrons. The van der Waals surface area contributed by atoms with Crippen molar-refractivity contribution >= 4 is 17.6 Å². The van der Waals surface area contributed by atoms with Crippen LogP contribution in [0.4, 0.5) is 5.69 Å². The topological polar surface area (TPSA) is 104 Å². The maximum Gasteiger partial charge on any atom is 0.320 e. The number of carboxylic acids is 1. The Bertz CT molecular complexity index is 545. The van der Waals surface area contributed by atoms with Crippen molar-refractivity contribution in [1.82, 2.24) is 0 Å². The monoisotopic (exact) mass is 264 g/mol. The Morgan fingerprint density at radius 1 is 1.42 bits per heavy atom. The molecule has 0 saturated heterocycles. The Balaban J connectivity index is 2.54. The summed E-state index contributed by atoms with van der Waals surface area (Å²) in [5, 5.41) is 19.7. The number of nitrogens with two attached hydrogens (primary N) is 1. The summed E-state index contributed by atoms with van der Waals surface area (Å²) in [6.07, 6.45) is 0. The Morgan fingerprint density at radius 2 is 2.00 bits per heavy atom. The van der Waals surface area contributed by atoms with Gasteiger partial charge < -0.3 is 20.8 Å². The third kappa shape index (κ3) is 1.72. The van der Waals surface area contributed by atoms with E-state index in [-0.39, 0.29) is 0 Å². The lowest BCUT2D eigenvalue weighted by molar-refractivity contribution is -0.149. The number of carboxylic acid groups (broad SMARTS) is 1. The summed E-state index contributed by atoms with van der Waals surface area (Å²) < 4.78 is 0. The summed E-state index contributed by atoms with van der Waals surface area (Å²) in [4.78, 5) is 24.6. The molecule has 1 aromatic rings. The minimum Gasteiger partial charge on any atom is -0.480 e. The second-order valence-corrected chi connectivity index (χ2v) is 4.80. The van der Waals surface area contributed by atoms with Crippen LogP contribution in [0.25, 0.3) is 0 Å². The van der Waals surface area contributed by atoms with E-state index in [0.717, 1.165) is 0 Å². The average molecular weight is 264 g/mol. The van der Waals surface area contributed by atoms with Crippen molar-refractivity contribution in [2.45, 2.75) is 18.6 Å². The van der Waals surface area contributed by atoms with Gasteiger partial charge in [-0.15, -0.1) is 0 Å². The average Bonchev–Trinajstić information content (AvgIpc) is 2.61. The zero-order valence-corrected chi connectivity index (χ0v) is 10.7. The van der Waals surface area contributed by atoms with Gasteiger partial charge in [-0.2, -0.15) is 0 Å². The molecule has 0 aromatic heterocycles. The summed E-state index contributed by atoms with van der Waals surface area (Å²) in [7, 11) is 1.54. The summed E-state index contributed by atoms with van der Waals surface area (Å²) in [6, 6.07) is 5.42. The molecule has 0 aliphatic carbocycles. The molecule has 1 amide bonds. The van der Waals surface area contributed by atoms with Crippen molar-refractivity contribution in [2.75, 3.05) is 11.9 Å². The molecular formula is C13H16N2O4. The highest BCUT2D eigenvalue weighted by atomic mass is 16.4. The lowest BCUT2D eigenvalue weighted by atomic mass is 9.79. The first-order chi connectivity index (χ1) is 8.81. The molecular weight excluding hydrogens is 248 g/mol. The number of hydrogen-bond acceptors (Lipinski definition) is 4. The van der Waals surface area contributed by atoms with Crippen LogP contribution in [0.15, 0.2) is 24.3 Å². The van der Waals surface area contributed by atoms with Crippen molar-refractivity contribution in [3.05, 3.63) is 29.8 Å². The van der Waals surface area contributed by atoms with Gasteiger partial charge in [-0.25, -0.2) is 0 Å². The van der Waals surface area contributed by atoms with Gasteiger partial charge in [0, 0.05) is 18.5 Å². The number of rotatable bonds is 3. The zero-order chi connectivity index (χ0) is 14.4. The summed E-state index contributed by atoms with van der Waals surface area (Å²) in [5.74, 6) is -2.75. The van der Waals surface area contributed by atoms with E-state index in [0.29, 0.717) is 11.3 Å². The minimum atomic E-state index is -1.90. The molecule has 1 aliphatic heterocycles. The highest BCUT2D eigenvalue weighted by molar-refractivity contribution is 6.07. The van der Waals surface area contributed by atoms with Crippen LogP contribution >= 0.6 is 0 Å². The first kappa shape index (κ1) is 13.5. The Morgan fingerprint density at radius 3 is 2.58 bits per heavy atom. The fraction of sp³-hybridized carbons (Fsp3) is 0.385. The smallest absolute Gasteiger partial charge is 0.320 e. The number of carbonyl (C=O) groups is 2. The molecule has 1 heterocycles. The fourth-order valence-corrected chi connectivity index (χ4v) is 2.48. The highest BCUT2D eigenvalue weighted by Gasteiger charge is 2.54. The normalized spacial score (nSPS) is 25.1. The lowest BCUT2D eigenvalue weighted by Crippen LogP contribution is -2.52. The number of carbonyl (C=O) groups excluding carboxylic acids is 1. The van der Waals surface area contributed by atoms with E-state index in [2.05, 4.69) is 0 Å². The summed E-state index contributed by atoms with van der Waals surface area (Å²) in [5.41, 5.74) is 4.62. The molecule has 3 atom stereocenters. The number of anilines is 1. The zero-order valence-electron chi connectivity index (χ0n) is 10.7. The third-order valence-corrected chi connectivity index (χ3v) is 3.79. The first-order valence-electron chi connectivity index (χ1n) is 5.90. The van der Waals surface area contributed by atoms with Crippen LogP contribution in [-0.2, 0) is 15.2 Å². The number of amides is 1. The number of fused-ring (bicyclic) bond motifs is 1. The number of hydrogen-bond donors (Lipinski definition) is 3. The molecule has 2 rings (SSSR count). The number of aliphatic hydroxyl groups is 1. The highest BCUT2D eigenvalue weighted by Crippen LogP contribution is 2.44. The summed E-state index contributed by atoms with van der Waals surface area (Å²) in [6.45, 7) is 1.46. The van der Waals surface area contributed by atoms with Gasteiger partial charge in [-0.05, 0) is 6.07 Å². The predicted molar refractivity (Wildman–Crippen MR) is 68.5 cm³/mol.